The number of allylic oxidation sites excluding steroid dienone is 2. The number of alkyl halides is 3. The summed E-state index contributed by atoms with van der Waals surface area (Å²) < 4.78 is 42.6. The fraction of sp³-hybridized carbons (Fsp3) is 0.263. The largest absolute Gasteiger partial charge is 0.573 e. The molecule has 4 rings (SSSR count). The van der Waals surface area contributed by atoms with Crippen molar-refractivity contribution in [1.82, 2.24) is 0 Å². The Kier molecular flexibility index (Phi) is 4.02. The second kappa shape index (κ2) is 6.09. The molecular formula is C19H15BrF3NO. The van der Waals surface area contributed by atoms with Crippen molar-refractivity contribution >= 4 is 21.6 Å². The monoisotopic (exact) mass is 409 g/mol. The summed E-state index contributed by atoms with van der Waals surface area (Å²) in [5.41, 5.74) is 2.88. The van der Waals surface area contributed by atoms with E-state index in [1.165, 1.54) is 17.7 Å². The number of fused-ring (bicyclic) bond motifs is 3. The zero-order valence-corrected chi connectivity index (χ0v) is 14.6. The van der Waals surface area contributed by atoms with E-state index < -0.39 is 6.36 Å². The molecule has 0 saturated heterocycles. The number of benzene rings is 2. The van der Waals surface area contributed by atoms with Crippen LogP contribution in [-0.2, 0) is 0 Å². The molecule has 0 radical (unpaired) electrons. The van der Waals surface area contributed by atoms with Crippen LogP contribution in [0.2, 0.25) is 0 Å². The molecule has 0 aromatic heterocycles. The van der Waals surface area contributed by atoms with E-state index in [1.807, 2.05) is 12.1 Å². The Balaban J connectivity index is 1.70. The van der Waals surface area contributed by atoms with Crippen molar-refractivity contribution in [1.29, 1.82) is 0 Å². The summed E-state index contributed by atoms with van der Waals surface area (Å²) in [5, 5.41) is 3.50. The van der Waals surface area contributed by atoms with Gasteiger partial charge in [0.1, 0.15) is 5.75 Å². The highest BCUT2D eigenvalue weighted by Crippen LogP contribution is 2.50. The fourth-order valence-electron chi connectivity index (χ4n) is 3.77. The van der Waals surface area contributed by atoms with Gasteiger partial charge in [-0.05, 0) is 53.8 Å². The van der Waals surface area contributed by atoms with Gasteiger partial charge in [0.25, 0.3) is 0 Å². The highest BCUT2D eigenvalue weighted by atomic mass is 79.9. The Labute approximate surface area is 151 Å². The van der Waals surface area contributed by atoms with Crippen molar-refractivity contribution in [3.05, 3.63) is 70.2 Å². The van der Waals surface area contributed by atoms with Crippen LogP contribution in [0.25, 0.3) is 0 Å². The lowest BCUT2D eigenvalue weighted by atomic mass is 9.77. The topological polar surface area (TPSA) is 21.3 Å². The minimum Gasteiger partial charge on any atom is -0.406 e. The van der Waals surface area contributed by atoms with Crippen molar-refractivity contribution in [2.45, 2.75) is 24.7 Å². The van der Waals surface area contributed by atoms with Crippen molar-refractivity contribution in [2.75, 3.05) is 5.32 Å². The highest BCUT2D eigenvalue weighted by molar-refractivity contribution is 9.10. The molecule has 2 aromatic rings. The maximum atomic E-state index is 12.5. The molecule has 25 heavy (non-hydrogen) atoms. The molecule has 1 aliphatic carbocycles. The molecule has 0 amide bonds. The first-order chi connectivity index (χ1) is 11.9. The molecule has 0 fully saturated rings. The quantitative estimate of drug-likeness (QED) is 0.598. The maximum Gasteiger partial charge on any atom is 0.573 e. The minimum absolute atomic E-state index is 0.0849. The summed E-state index contributed by atoms with van der Waals surface area (Å²) in [6.45, 7) is 0. The number of anilines is 1. The molecule has 1 aliphatic heterocycles. The second-order valence-electron chi connectivity index (χ2n) is 6.32. The summed E-state index contributed by atoms with van der Waals surface area (Å²) in [5.74, 6) is 0.186. The zero-order valence-electron chi connectivity index (χ0n) is 13.1. The van der Waals surface area contributed by atoms with Crippen molar-refractivity contribution < 1.29 is 17.9 Å². The van der Waals surface area contributed by atoms with Crippen LogP contribution in [0.1, 0.15) is 29.5 Å². The summed E-state index contributed by atoms with van der Waals surface area (Å²) >= 11 is 3.44. The molecule has 6 heteroatoms. The normalized spacial score (nSPS) is 24.4. The third-order valence-electron chi connectivity index (χ3n) is 4.80. The molecule has 2 nitrogen and oxygen atoms in total. The van der Waals surface area contributed by atoms with E-state index in [4.69, 9.17) is 0 Å². The molecule has 0 bridgehead atoms. The molecule has 130 valence electrons. The van der Waals surface area contributed by atoms with Crippen LogP contribution in [0.5, 0.6) is 5.75 Å². The Morgan fingerprint density at radius 2 is 1.84 bits per heavy atom. The van der Waals surface area contributed by atoms with E-state index in [1.54, 1.807) is 6.07 Å². The smallest absolute Gasteiger partial charge is 0.406 e. The summed E-state index contributed by atoms with van der Waals surface area (Å²) in [7, 11) is 0. The summed E-state index contributed by atoms with van der Waals surface area (Å²) in [6.07, 6.45) is 0.409. The molecule has 0 saturated carbocycles. The first-order valence-electron chi connectivity index (χ1n) is 7.99. The van der Waals surface area contributed by atoms with Gasteiger partial charge in [-0.2, -0.15) is 0 Å². The Hall–Kier alpha value is -1.95. The first-order valence-corrected chi connectivity index (χ1v) is 8.78. The van der Waals surface area contributed by atoms with Gasteiger partial charge in [0, 0.05) is 16.1 Å². The number of ether oxygens (including phenoxy) is 1. The van der Waals surface area contributed by atoms with Crippen molar-refractivity contribution in [3.63, 3.8) is 0 Å². The third kappa shape index (κ3) is 3.27. The second-order valence-corrected chi connectivity index (χ2v) is 7.24. The van der Waals surface area contributed by atoms with Gasteiger partial charge in [-0.1, -0.05) is 40.2 Å². The molecular weight excluding hydrogens is 395 g/mol. The van der Waals surface area contributed by atoms with E-state index in [0.29, 0.717) is 0 Å². The van der Waals surface area contributed by atoms with Crippen LogP contribution in [0.4, 0.5) is 18.9 Å². The lowest BCUT2D eigenvalue weighted by molar-refractivity contribution is -0.274. The number of rotatable bonds is 2. The van der Waals surface area contributed by atoms with Crippen molar-refractivity contribution in [3.8, 4) is 5.75 Å². The van der Waals surface area contributed by atoms with Gasteiger partial charge in [0.2, 0.25) is 0 Å². The lowest BCUT2D eigenvalue weighted by Gasteiger charge is -2.37. The van der Waals surface area contributed by atoms with Crippen LogP contribution in [0.15, 0.2) is 59.1 Å². The summed E-state index contributed by atoms with van der Waals surface area (Å²) in [6, 6.07) is 12.8. The highest BCUT2D eigenvalue weighted by Gasteiger charge is 2.38. The van der Waals surface area contributed by atoms with Gasteiger partial charge in [-0.3, -0.25) is 0 Å². The molecule has 2 aliphatic rings. The number of hydrogen-bond donors (Lipinski definition) is 1. The SMILES string of the molecule is FC(F)(F)Oc1ccc2c(c1)[C@@H]1C=CC[C@H]1[C@@H](c1ccc(Br)cc1)N2. The molecule has 1 N–H and O–H groups in total. The Bertz CT molecular complexity index is 816. The van der Waals surface area contributed by atoms with Gasteiger partial charge in [-0.15, -0.1) is 13.2 Å². The predicted molar refractivity (Wildman–Crippen MR) is 93.6 cm³/mol. The number of halogens is 4. The fourth-order valence-corrected chi connectivity index (χ4v) is 4.03. The van der Waals surface area contributed by atoms with Crippen LogP contribution >= 0.6 is 15.9 Å². The predicted octanol–water partition coefficient (Wildman–Crippen LogP) is 6.17. The van der Waals surface area contributed by atoms with E-state index in [9.17, 15) is 13.2 Å². The van der Waals surface area contributed by atoms with Gasteiger partial charge in [-0.25, -0.2) is 0 Å². The van der Waals surface area contributed by atoms with E-state index in [-0.39, 0.29) is 23.6 Å². The molecule has 0 unspecified atom stereocenters. The number of hydrogen-bond acceptors (Lipinski definition) is 2. The molecule has 1 heterocycles. The molecule has 3 atom stereocenters. The van der Waals surface area contributed by atoms with Crippen molar-refractivity contribution in [2.24, 2.45) is 5.92 Å². The molecule has 0 spiro atoms. The van der Waals surface area contributed by atoms with Gasteiger partial charge < -0.3 is 10.1 Å². The van der Waals surface area contributed by atoms with Gasteiger partial charge in [0.15, 0.2) is 0 Å². The van der Waals surface area contributed by atoms with Crippen LogP contribution < -0.4 is 10.1 Å². The standard InChI is InChI=1S/C19H15BrF3NO/c20-12-6-4-11(5-7-12)18-15-3-1-2-14(15)16-10-13(25-19(21,22)23)8-9-17(16)24-18/h1-2,4-10,14-15,18,24H,3H2/t14-,15-,18-/m1/s1. The Morgan fingerprint density at radius 3 is 2.56 bits per heavy atom. The number of nitrogens with one attached hydrogen (secondary N) is 1. The van der Waals surface area contributed by atoms with E-state index in [0.717, 1.165) is 22.1 Å². The van der Waals surface area contributed by atoms with Gasteiger partial charge in [0.05, 0.1) is 6.04 Å². The van der Waals surface area contributed by atoms with Crippen LogP contribution in [0.3, 0.4) is 0 Å². The average Bonchev–Trinajstić information content (AvgIpc) is 3.03. The maximum absolute atomic E-state index is 12.5. The minimum atomic E-state index is -4.68. The van der Waals surface area contributed by atoms with Gasteiger partial charge >= 0.3 is 6.36 Å². The van der Waals surface area contributed by atoms with Crippen LogP contribution in [-0.4, -0.2) is 6.36 Å². The third-order valence-corrected chi connectivity index (χ3v) is 5.33. The molecule has 2 aromatic carbocycles. The first kappa shape index (κ1) is 16.5. The Morgan fingerprint density at radius 1 is 1.08 bits per heavy atom. The average molecular weight is 410 g/mol. The van der Waals surface area contributed by atoms with Crippen LogP contribution in [0, 0.1) is 5.92 Å². The van der Waals surface area contributed by atoms with E-state index >= 15 is 0 Å². The summed E-state index contributed by atoms with van der Waals surface area (Å²) in [4.78, 5) is 0. The lowest BCUT2D eigenvalue weighted by Crippen LogP contribution is -2.29. The zero-order chi connectivity index (χ0) is 17.6. The van der Waals surface area contributed by atoms with E-state index in [2.05, 4.69) is 50.3 Å².